The molecule has 0 aliphatic heterocycles. The Labute approximate surface area is 182 Å². The molecule has 0 fully saturated rings. The van der Waals surface area contributed by atoms with Crippen LogP contribution in [0.2, 0.25) is 0 Å². The Morgan fingerprint density at radius 3 is 1.96 bits per heavy atom. The van der Waals surface area contributed by atoms with Crippen LogP contribution in [0, 0.1) is 5.41 Å². The molecule has 0 unspecified atom stereocenters. The second-order valence-corrected chi connectivity index (χ2v) is 11.2. The molecule has 0 heterocycles. The highest BCUT2D eigenvalue weighted by atomic mass is 127. The second-order valence-electron chi connectivity index (χ2n) is 8.42. The summed E-state index contributed by atoms with van der Waals surface area (Å²) in [5, 5.41) is 15.0. The zero-order valence-corrected chi connectivity index (χ0v) is 20.2. The summed E-state index contributed by atoms with van der Waals surface area (Å²) in [5.41, 5.74) is -0.436. The first-order valence-electron chi connectivity index (χ1n) is 9.05. The lowest BCUT2D eigenvalue weighted by Crippen LogP contribution is -2.61. The first kappa shape index (κ1) is 26.6. The van der Waals surface area contributed by atoms with E-state index in [1.165, 1.54) is 24.0 Å². The van der Waals surface area contributed by atoms with Crippen molar-refractivity contribution in [1.29, 1.82) is 0 Å². The molecule has 160 valence electrons. The summed E-state index contributed by atoms with van der Waals surface area (Å²) >= 11 is 2.19. The molecule has 2 amide bonds. The number of carbonyl (C=O) groups is 3. The summed E-state index contributed by atoms with van der Waals surface area (Å²) in [6, 6.07) is -1.88. The number of likely N-dealkylation sites (N-methyl/N-ethyl adjacent to an activating group) is 2. The number of halogens is 1. The van der Waals surface area contributed by atoms with Crippen LogP contribution < -0.4 is 10.6 Å². The number of aliphatic carboxylic acids is 1. The van der Waals surface area contributed by atoms with Crippen LogP contribution in [-0.4, -0.2) is 63.4 Å². The van der Waals surface area contributed by atoms with Gasteiger partial charge in [-0.3, -0.25) is 9.59 Å². The van der Waals surface area contributed by atoms with Crippen molar-refractivity contribution < 1.29 is 19.5 Å². The van der Waals surface area contributed by atoms with Crippen LogP contribution in [-0.2, 0) is 14.4 Å². The van der Waals surface area contributed by atoms with Gasteiger partial charge < -0.3 is 20.6 Å². The lowest BCUT2D eigenvalue weighted by atomic mass is 9.85. The maximum atomic E-state index is 13.2. The standard InChI is InChI=1S/C20H34IN3O4/c1-10-13(11-12(2)18(27)28)24(9)17(26)15(19(3,4)5)23-16(25)14(22-8)20(6,7)21/h10-11,13-15,22H,1H2,2-9H3,(H,23,25)(H,27,28)/b12-11+/t13-,14+,15+/m0/s1. The summed E-state index contributed by atoms with van der Waals surface area (Å²) in [6.45, 7) is 14.6. The van der Waals surface area contributed by atoms with Gasteiger partial charge in [-0.25, -0.2) is 4.79 Å². The first-order chi connectivity index (χ1) is 12.6. The first-order valence-corrected chi connectivity index (χ1v) is 10.1. The van der Waals surface area contributed by atoms with Crippen molar-refractivity contribution in [3.05, 3.63) is 24.3 Å². The number of alkyl halides is 1. The maximum Gasteiger partial charge on any atom is 0.331 e. The van der Waals surface area contributed by atoms with Crippen LogP contribution in [0.5, 0.6) is 0 Å². The Hall–Kier alpha value is -1.42. The number of carbonyl (C=O) groups excluding carboxylic acids is 2. The van der Waals surface area contributed by atoms with Crippen molar-refractivity contribution in [2.45, 2.75) is 63.1 Å². The fourth-order valence-electron chi connectivity index (χ4n) is 2.68. The van der Waals surface area contributed by atoms with Crippen LogP contribution in [0.1, 0.15) is 41.5 Å². The lowest BCUT2D eigenvalue weighted by molar-refractivity contribution is -0.139. The Bertz CT molecular complexity index is 632. The zero-order chi connectivity index (χ0) is 22.4. The topological polar surface area (TPSA) is 98.7 Å². The summed E-state index contributed by atoms with van der Waals surface area (Å²) in [4.78, 5) is 38.6. The minimum atomic E-state index is -1.06. The quantitative estimate of drug-likeness (QED) is 0.193. The van der Waals surface area contributed by atoms with E-state index < -0.39 is 29.5 Å². The molecular weight excluding hydrogens is 473 g/mol. The van der Waals surface area contributed by atoms with E-state index in [0.717, 1.165) is 0 Å². The van der Waals surface area contributed by atoms with Gasteiger partial charge >= 0.3 is 5.97 Å². The molecule has 8 heteroatoms. The van der Waals surface area contributed by atoms with Gasteiger partial charge in [0.05, 0.1) is 6.04 Å². The Morgan fingerprint density at radius 1 is 1.14 bits per heavy atom. The fourth-order valence-corrected chi connectivity index (χ4v) is 3.27. The largest absolute Gasteiger partial charge is 0.478 e. The van der Waals surface area contributed by atoms with E-state index in [9.17, 15) is 14.4 Å². The van der Waals surface area contributed by atoms with Gasteiger partial charge in [0.15, 0.2) is 0 Å². The van der Waals surface area contributed by atoms with Gasteiger partial charge in [0.2, 0.25) is 11.8 Å². The van der Waals surface area contributed by atoms with E-state index in [4.69, 9.17) is 5.11 Å². The lowest BCUT2D eigenvalue weighted by Gasteiger charge is -2.37. The molecule has 3 N–H and O–H groups in total. The normalized spacial score (nSPS) is 16.0. The molecule has 0 saturated heterocycles. The van der Waals surface area contributed by atoms with Gasteiger partial charge in [-0.05, 0) is 39.3 Å². The summed E-state index contributed by atoms with van der Waals surface area (Å²) in [7, 11) is 3.28. The highest BCUT2D eigenvalue weighted by Gasteiger charge is 2.39. The highest BCUT2D eigenvalue weighted by molar-refractivity contribution is 14.1. The maximum absolute atomic E-state index is 13.2. The van der Waals surface area contributed by atoms with Crippen LogP contribution in [0.25, 0.3) is 0 Å². The van der Waals surface area contributed by atoms with E-state index in [2.05, 4.69) is 39.8 Å². The molecular formula is C20H34IN3O4. The zero-order valence-electron chi connectivity index (χ0n) is 18.1. The van der Waals surface area contributed by atoms with E-state index in [1.807, 2.05) is 34.6 Å². The van der Waals surface area contributed by atoms with Crippen molar-refractivity contribution in [3.8, 4) is 0 Å². The van der Waals surface area contributed by atoms with Crippen molar-refractivity contribution in [3.63, 3.8) is 0 Å². The molecule has 0 bridgehead atoms. The molecule has 0 rings (SSSR count). The van der Waals surface area contributed by atoms with Gasteiger partial charge in [-0.15, -0.1) is 6.58 Å². The third-order valence-electron chi connectivity index (χ3n) is 4.43. The van der Waals surface area contributed by atoms with E-state index in [0.29, 0.717) is 0 Å². The van der Waals surface area contributed by atoms with Crippen LogP contribution >= 0.6 is 22.6 Å². The molecule has 0 spiro atoms. The van der Waals surface area contributed by atoms with Gasteiger partial charge in [-0.2, -0.15) is 0 Å². The molecule has 0 aromatic carbocycles. The van der Waals surface area contributed by atoms with Gasteiger partial charge in [0.25, 0.3) is 0 Å². The summed E-state index contributed by atoms with van der Waals surface area (Å²) in [5.74, 6) is -1.65. The summed E-state index contributed by atoms with van der Waals surface area (Å²) < 4.78 is -0.362. The van der Waals surface area contributed by atoms with Crippen molar-refractivity contribution in [1.82, 2.24) is 15.5 Å². The smallest absolute Gasteiger partial charge is 0.331 e. The average molecular weight is 507 g/mol. The molecule has 7 nitrogen and oxygen atoms in total. The van der Waals surface area contributed by atoms with Crippen molar-refractivity contribution in [2.24, 2.45) is 5.41 Å². The number of nitrogens with one attached hydrogen (secondary N) is 2. The highest BCUT2D eigenvalue weighted by Crippen LogP contribution is 2.25. The van der Waals surface area contributed by atoms with Gasteiger partial charge in [0.1, 0.15) is 12.1 Å². The SMILES string of the molecule is C=C[C@@H](/C=C(\C)C(=O)O)N(C)C(=O)[C@@H](NC(=O)[C@@H](NC)C(C)(C)I)C(C)(C)C. The van der Waals surface area contributed by atoms with Crippen molar-refractivity contribution in [2.75, 3.05) is 14.1 Å². The van der Waals surface area contributed by atoms with Crippen molar-refractivity contribution >= 4 is 40.4 Å². The second kappa shape index (κ2) is 10.4. The predicted octanol–water partition coefficient (Wildman–Crippen LogP) is 2.36. The van der Waals surface area contributed by atoms with E-state index in [1.54, 1.807) is 14.1 Å². The van der Waals surface area contributed by atoms with Gasteiger partial charge in [0, 0.05) is 16.0 Å². The molecule has 0 saturated carbocycles. The molecule has 0 radical (unpaired) electrons. The Morgan fingerprint density at radius 2 is 1.64 bits per heavy atom. The number of hydrogen-bond acceptors (Lipinski definition) is 4. The third-order valence-corrected chi connectivity index (χ3v) is 5.05. The molecule has 0 aromatic heterocycles. The molecule has 0 aromatic rings. The third kappa shape index (κ3) is 7.54. The Kier molecular flexibility index (Phi) is 9.86. The summed E-state index contributed by atoms with van der Waals surface area (Å²) in [6.07, 6.45) is 2.95. The number of carboxylic acids is 1. The van der Waals surface area contributed by atoms with Gasteiger partial charge in [-0.1, -0.05) is 49.4 Å². The molecule has 0 aliphatic carbocycles. The average Bonchev–Trinajstić information content (AvgIpc) is 2.54. The number of rotatable bonds is 9. The Balaban J connectivity index is 5.77. The monoisotopic (exact) mass is 507 g/mol. The van der Waals surface area contributed by atoms with E-state index in [-0.39, 0.29) is 20.8 Å². The van der Waals surface area contributed by atoms with Crippen LogP contribution in [0.3, 0.4) is 0 Å². The molecule has 3 atom stereocenters. The minimum absolute atomic E-state index is 0.114. The number of nitrogens with zero attached hydrogens (tertiary/aromatic N) is 1. The predicted molar refractivity (Wildman–Crippen MR) is 120 cm³/mol. The minimum Gasteiger partial charge on any atom is -0.478 e. The number of amides is 2. The molecule has 28 heavy (non-hydrogen) atoms. The van der Waals surface area contributed by atoms with Crippen LogP contribution in [0.15, 0.2) is 24.3 Å². The number of carboxylic acid groups (broad SMARTS) is 1. The number of hydrogen-bond donors (Lipinski definition) is 3. The molecule has 0 aliphatic rings. The fraction of sp³-hybridized carbons (Fsp3) is 0.650. The van der Waals surface area contributed by atoms with Crippen LogP contribution in [0.4, 0.5) is 0 Å². The van der Waals surface area contributed by atoms with E-state index >= 15 is 0 Å².